The molecule has 1 amide bonds. The Balaban J connectivity index is 2.67. The highest BCUT2D eigenvalue weighted by Gasteiger charge is 2.14. The van der Waals surface area contributed by atoms with E-state index in [1.807, 2.05) is 6.07 Å². The first-order valence-electron chi connectivity index (χ1n) is 6.64. The summed E-state index contributed by atoms with van der Waals surface area (Å²) in [5.74, 6) is 0.802. The first-order chi connectivity index (χ1) is 9.60. The average molecular weight is 276 g/mol. The minimum Gasteiger partial charge on any atom is -0.497 e. The zero-order chi connectivity index (χ0) is 15.0. The van der Waals surface area contributed by atoms with Gasteiger partial charge < -0.3 is 14.8 Å². The molecule has 1 unspecified atom stereocenters. The second-order valence-corrected chi connectivity index (χ2v) is 4.41. The fraction of sp³-hybridized carbons (Fsp3) is 0.467. The van der Waals surface area contributed by atoms with E-state index in [1.165, 1.54) is 7.11 Å². The molecule has 1 atom stereocenters. The van der Waals surface area contributed by atoms with Gasteiger partial charge in [-0.1, -0.05) is 13.3 Å². The monoisotopic (exact) mass is 276 g/mol. The van der Waals surface area contributed by atoms with Crippen molar-refractivity contribution in [3.8, 4) is 17.6 Å². The molecule has 0 bridgehead atoms. The van der Waals surface area contributed by atoms with E-state index < -0.39 is 6.10 Å². The van der Waals surface area contributed by atoms with Crippen molar-refractivity contribution in [3.05, 3.63) is 23.8 Å². The molecule has 0 aromatic heterocycles. The van der Waals surface area contributed by atoms with E-state index in [0.29, 0.717) is 23.6 Å². The maximum absolute atomic E-state index is 11.8. The van der Waals surface area contributed by atoms with Crippen molar-refractivity contribution < 1.29 is 14.3 Å². The number of carbonyl (C=O) groups excluding carboxylic acids is 1. The number of carbonyl (C=O) groups is 1. The van der Waals surface area contributed by atoms with Crippen molar-refractivity contribution >= 4 is 5.91 Å². The highest BCUT2D eigenvalue weighted by atomic mass is 16.5. The fourth-order valence-electron chi connectivity index (χ4n) is 1.61. The summed E-state index contributed by atoms with van der Waals surface area (Å²) in [6, 6.07) is 6.87. The van der Waals surface area contributed by atoms with Crippen LogP contribution < -0.4 is 14.8 Å². The van der Waals surface area contributed by atoms with Gasteiger partial charge in [0.15, 0.2) is 6.10 Å². The van der Waals surface area contributed by atoms with Crippen LogP contribution >= 0.6 is 0 Å². The van der Waals surface area contributed by atoms with Gasteiger partial charge in [-0.3, -0.25) is 4.79 Å². The number of nitriles is 1. The highest BCUT2D eigenvalue weighted by molar-refractivity contribution is 5.80. The number of amides is 1. The predicted octanol–water partition coefficient (Wildman–Crippen LogP) is 2.25. The number of ether oxygens (including phenoxy) is 2. The van der Waals surface area contributed by atoms with Crippen molar-refractivity contribution in [2.45, 2.75) is 32.8 Å². The lowest BCUT2D eigenvalue weighted by Gasteiger charge is -2.15. The SMILES string of the molecule is CCCCNC(=O)C(C)Oc1cc(C#N)cc(OC)c1. The molecule has 0 saturated carbocycles. The van der Waals surface area contributed by atoms with Crippen LogP contribution in [-0.4, -0.2) is 25.7 Å². The largest absolute Gasteiger partial charge is 0.497 e. The molecule has 1 aromatic rings. The Morgan fingerprint density at radius 2 is 2.10 bits per heavy atom. The standard InChI is InChI=1S/C15H20N2O3/c1-4-5-6-17-15(18)11(2)20-14-8-12(10-16)7-13(9-14)19-3/h7-9,11H,4-6H2,1-3H3,(H,17,18). The van der Waals surface area contributed by atoms with Gasteiger partial charge in [0.05, 0.1) is 18.7 Å². The number of nitrogens with zero attached hydrogens (tertiary/aromatic N) is 1. The van der Waals surface area contributed by atoms with Crippen LogP contribution in [0.5, 0.6) is 11.5 Å². The summed E-state index contributed by atoms with van der Waals surface area (Å²) in [6.45, 7) is 4.38. The van der Waals surface area contributed by atoms with E-state index in [4.69, 9.17) is 14.7 Å². The van der Waals surface area contributed by atoms with Crippen LogP contribution in [0, 0.1) is 11.3 Å². The zero-order valence-electron chi connectivity index (χ0n) is 12.1. The van der Waals surface area contributed by atoms with Crippen LogP contribution in [0.15, 0.2) is 18.2 Å². The summed E-state index contributed by atoms with van der Waals surface area (Å²) in [4.78, 5) is 11.8. The van der Waals surface area contributed by atoms with Crippen LogP contribution in [-0.2, 0) is 4.79 Å². The lowest BCUT2D eigenvalue weighted by Crippen LogP contribution is -2.36. The number of nitrogens with one attached hydrogen (secondary N) is 1. The molecule has 1 aromatic carbocycles. The molecule has 20 heavy (non-hydrogen) atoms. The fourth-order valence-corrected chi connectivity index (χ4v) is 1.61. The molecule has 0 radical (unpaired) electrons. The highest BCUT2D eigenvalue weighted by Crippen LogP contribution is 2.23. The lowest BCUT2D eigenvalue weighted by molar-refractivity contribution is -0.127. The maximum atomic E-state index is 11.8. The number of rotatable bonds is 7. The Morgan fingerprint density at radius 3 is 2.70 bits per heavy atom. The van der Waals surface area contributed by atoms with E-state index in [2.05, 4.69) is 12.2 Å². The van der Waals surface area contributed by atoms with E-state index in [9.17, 15) is 4.79 Å². The molecule has 108 valence electrons. The normalized spacial score (nSPS) is 11.3. The van der Waals surface area contributed by atoms with Crippen molar-refractivity contribution in [1.82, 2.24) is 5.32 Å². The molecular formula is C15H20N2O3. The lowest BCUT2D eigenvalue weighted by atomic mass is 10.2. The summed E-state index contributed by atoms with van der Waals surface area (Å²) in [7, 11) is 1.52. The van der Waals surface area contributed by atoms with Gasteiger partial charge in [0.25, 0.3) is 5.91 Å². The Bertz CT molecular complexity index is 494. The second-order valence-electron chi connectivity index (χ2n) is 4.41. The van der Waals surface area contributed by atoms with Gasteiger partial charge in [-0.2, -0.15) is 5.26 Å². The molecule has 1 N–H and O–H groups in total. The van der Waals surface area contributed by atoms with E-state index in [0.717, 1.165) is 12.8 Å². The molecular weight excluding hydrogens is 256 g/mol. The van der Waals surface area contributed by atoms with Gasteiger partial charge in [0, 0.05) is 12.6 Å². The van der Waals surface area contributed by atoms with Crippen LogP contribution in [0.25, 0.3) is 0 Å². The topological polar surface area (TPSA) is 71.3 Å². The maximum Gasteiger partial charge on any atom is 0.260 e. The molecule has 0 fully saturated rings. The van der Waals surface area contributed by atoms with E-state index >= 15 is 0 Å². The van der Waals surface area contributed by atoms with Crippen molar-refractivity contribution in [2.24, 2.45) is 0 Å². The van der Waals surface area contributed by atoms with Gasteiger partial charge in [-0.25, -0.2) is 0 Å². The number of hydrogen-bond acceptors (Lipinski definition) is 4. The van der Waals surface area contributed by atoms with E-state index in [1.54, 1.807) is 25.1 Å². The Kier molecular flexibility index (Phi) is 6.38. The molecule has 0 heterocycles. The van der Waals surface area contributed by atoms with Crippen molar-refractivity contribution in [3.63, 3.8) is 0 Å². The van der Waals surface area contributed by atoms with Crippen LogP contribution in [0.4, 0.5) is 0 Å². The van der Waals surface area contributed by atoms with Crippen molar-refractivity contribution in [2.75, 3.05) is 13.7 Å². The second kappa shape index (κ2) is 8.05. The number of unbranched alkanes of at least 4 members (excludes halogenated alkanes) is 1. The van der Waals surface area contributed by atoms with Gasteiger partial charge in [0.1, 0.15) is 11.5 Å². The first-order valence-corrected chi connectivity index (χ1v) is 6.64. The van der Waals surface area contributed by atoms with Crippen LogP contribution in [0.1, 0.15) is 32.3 Å². The number of hydrogen-bond donors (Lipinski definition) is 1. The van der Waals surface area contributed by atoms with Crippen LogP contribution in [0.2, 0.25) is 0 Å². The smallest absolute Gasteiger partial charge is 0.260 e. The third-order valence-electron chi connectivity index (χ3n) is 2.76. The molecule has 0 aliphatic rings. The summed E-state index contributed by atoms with van der Waals surface area (Å²) < 4.78 is 10.6. The van der Waals surface area contributed by atoms with Crippen LogP contribution in [0.3, 0.4) is 0 Å². The number of benzene rings is 1. The third-order valence-corrected chi connectivity index (χ3v) is 2.76. The molecule has 0 saturated heterocycles. The van der Waals surface area contributed by atoms with Gasteiger partial charge in [0.2, 0.25) is 0 Å². The third kappa shape index (κ3) is 4.81. The molecule has 1 rings (SSSR count). The van der Waals surface area contributed by atoms with Gasteiger partial charge in [-0.15, -0.1) is 0 Å². The van der Waals surface area contributed by atoms with Crippen molar-refractivity contribution in [1.29, 1.82) is 5.26 Å². The number of methoxy groups -OCH3 is 1. The molecule has 5 heteroatoms. The average Bonchev–Trinajstić information content (AvgIpc) is 2.46. The quantitative estimate of drug-likeness (QED) is 0.775. The Hall–Kier alpha value is -2.22. The minimum atomic E-state index is -0.620. The van der Waals surface area contributed by atoms with E-state index in [-0.39, 0.29) is 5.91 Å². The first kappa shape index (κ1) is 15.8. The molecule has 0 spiro atoms. The van der Waals surface area contributed by atoms with Gasteiger partial charge >= 0.3 is 0 Å². The summed E-state index contributed by atoms with van der Waals surface area (Å²) in [5.41, 5.74) is 0.429. The summed E-state index contributed by atoms with van der Waals surface area (Å²) in [6.07, 6.45) is 1.35. The molecule has 5 nitrogen and oxygen atoms in total. The predicted molar refractivity (Wildman–Crippen MR) is 75.7 cm³/mol. The summed E-state index contributed by atoms with van der Waals surface area (Å²) in [5, 5.41) is 11.7. The molecule has 0 aliphatic carbocycles. The summed E-state index contributed by atoms with van der Waals surface area (Å²) >= 11 is 0. The Labute approximate surface area is 119 Å². The zero-order valence-corrected chi connectivity index (χ0v) is 12.1. The molecule has 0 aliphatic heterocycles. The minimum absolute atomic E-state index is 0.167. The van der Waals surface area contributed by atoms with Gasteiger partial charge in [-0.05, 0) is 25.5 Å². The Morgan fingerprint density at radius 1 is 1.40 bits per heavy atom.